The number of hydrogen-bond donors (Lipinski definition) is 4. The molecule has 1 unspecified atom stereocenters. The number of fused-ring (bicyclic) bond motifs is 2. The lowest BCUT2D eigenvalue weighted by Crippen LogP contribution is -2.46. The Balaban J connectivity index is 1.69. The number of carbonyl (C=O) groups excluding carboxylic acids is 1. The molecule has 0 aliphatic carbocycles. The van der Waals surface area contributed by atoms with Crippen LogP contribution in [0.2, 0.25) is 0 Å². The number of aromatic amines is 1. The third-order valence-electron chi connectivity index (χ3n) is 5.44. The van der Waals surface area contributed by atoms with Gasteiger partial charge in [0.1, 0.15) is 17.8 Å². The fourth-order valence-corrected chi connectivity index (χ4v) is 3.89. The van der Waals surface area contributed by atoms with Crippen LogP contribution in [0.5, 0.6) is 11.5 Å². The summed E-state index contributed by atoms with van der Waals surface area (Å²) in [6.45, 7) is 0.997. The van der Waals surface area contributed by atoms with Crippen LogP contribution in [-0.2, 0) is 11.2 Å². The summed E-state index contributed by atoms with van der Waals surface area (Å²) in [5.41, 5.74) is 2.63. The highest BCUT2D eigenvalue weighted by Crippen LogP contribution is 2.33. The monoisotopic (exact) mass is 440 g/mol. The zero-order chi connectivity index (χ0) is 22.5. The Bertz CT molecular complexity index is 1090. The van der Waals surface area contributed by atoms with Crippen molar-refractivity contribution in [3.8, 4) is 11.5 Å². The number of amides is 1. The minimum Gasteiger partial charge on any atom is -0.493 e. The van der Waals surface area contributed by atoms with E-state index in [1.54, 1.807) is 19.2 Å². The van der Waals surface area contributed by atoms with E-state index >= 15 is 0 Å². The van der Waals surface area contributed by atoms with Crippen molar-refractivity contribution >= 4 is 28.4 Å². The first-order valence-electron chi connectivity index (χ1n) is 10.5. The van der Waals surface area contributed by atoms with Crippen molar-refractivity contribution in [2.24, 2.45) is 0 Å². The average molecular weight is 441 g/mol. The summed E-state index contributed by atoms with van der Waals surface area (Å²) in [6.07, 6.45) is 5.22. The summed E-state index contributed by atoms with van der Waals surface area (Å²) in [7, 11) is 3.52. The SMILES string of the molecule is COc1ccc2cc1OCC(=O)NC(CO)CN(C)CCCc1c[nH]c3ncnc(c13)N2. The highest BCUT2D eigenvalue weighted by Gasteiger charge is 2.17. The second-order valence-electron chi connectivity index (χ2n) is 7.85. The Labute approximate surface area is 186 Å². The number of likely N-dealkylation sites (N-methyl/N-ethyl adjacent to an activating group) is 1. The first kappa shape index (κ1) is 21.8. The number of aromatic nitrogens is 3. The van der Waals surface area contributed by atoms with E-state index in [1.807, 2.05) is 19.3 Å². The zero-order valence-corrected chi connectivity index (χ0v) is 18.2. The number of ether oxygens (including phenoxy) is 2. The lowest BCUT2D eigenvalue weighted by atomic mass is 10.1. The van der Waals surface area contributed by atoms with E-state index < -0.39 is 0 Å². The highest BCUT2D eigenvalue weighted by molar-refractivity contribution is 5.92. The maximum absolute atomic E-state index is 12.4. The standard InChI is InChI=1S/C22H28N6O4/c1-28-7-3-4-14-9-23-21-20(14)22(25-13-24-21)27-15-5-6-17(31-2)18(8-15)32-12-19(30)26-16(10-28)11-29/h5-6,8-9,13,16,29H,3-4,7,10-12H2,1-2H3,(H,26,30)(H2,23,24,25,27). The molecule has 0 saturated heterocycles. The molecule has 10 heteroatoms. The molecule has 0 saturated carbocycles. The van der Waals surface area contributed by atoms with Crippen LogP contribution in [0.1, 0.15) is 12.0 Å². The average Bonchev–Trinajstić information content (AvgIpc) is 3.21. The molecule has 1 aromatic carbocycles. The van der Waals surface area contributed by atoms with E-state index in [0.29, 0.717) is 23.9 Å². The summed E-state index contributed by atoms with van der Waals surface area (Å²) in [5, 5.41) is 16.8. The van der Waals surface area contributed by atoms with Gasteiger partial charge in [-0.1, -0.05) is 0 Å². The van der Waals surface area contributed by atoms with Crippen LogP contribution in [0.3, 0.4) is 0 Å². The van der Waals surface area contributed by atoms with Gasteiger partial charge in [-0.25, -0.2) is 9.97 Å². The Morgan fingerprint density at radius 3 is 3.03 bits per heavy atom. The molecule has 170 valence electrons. The first-order chi connectivity index (χ1) is 15.6. The molecule has 0 radical (unpaired) electrons. The van der Waals surface area contributed by atoms with E-state index in [0.717, 1.165) is 41.7 Å². The summed E-state index contributed by atoms with van der Waals surface area (Å²) in [4.78, 5) is 26.5. The molecule has 4 N–H and O–H groups in total. The number of carbonyl (C=O) groups is 1. The Hall–Kier alpha value is -3.37. The summed E-state index contributed by atoms with van der Waals surface area (Å²) >= 11 is 0. The van der Waals surface area contributed by atoms with Crippen molar-refractivity contribution in [1.82, 2.24) is 25.2 Å². The zero-order valence-electron chi connectivity index (χ0n) is 18.2. The van der Waals surface area contributed by atoms with Gasteiger partial charge < -0.3 is 35.1 Å². The van der Waals surface area contributed by atoms with Gasteiger partial charge in [-0.15, -0.1) is 0 Å². The van der Waals surface area contributed by atoms with Gasteiger partial charge in [0.25, 0.3) is 5.91 Å². The fraction of sp³-hybridized carbons (Fsp3) is 0.409. The molecule has 3 aromatic rings. The number of nitrogens with zero attached hydrogens (tertiary/aromatic N) is 3. The molecular weight excluding hydrogens is 412 g/mol. The molecule has 2 aromatic heterocycles. The Morgan fingerprint density at radius 1 is 1.34 bits per heavy atom. The topological polar surface area (TPSA) is 125 Å². The van der Waals surface area contributed by atoms with Crippen LogP contribution in [0, 0.1) is 0 Å². The second kappa shape index (κ2) is 9.84. The Kier molecular flexibility index (Phi) is 6.72. The van der Waals surface area contributed by atoms with Crippen LogP contribution in [0.25, 0.3) is 11.0 Å². The number of anilines is 2. The van der Waals surface area contributed by atoms with Crippen molar-refractivity contribution in [3.05, 3.63) is 36.3 Å². The van der Waals surface area contributed by atoms with Crippen molar-refractivity contribution in [1.29, 1.82) is 0 Å². The van der Waals surface area contributed by atoms with Gasteiger partial charge in [-0.2, -0.15) is 0 Å². The van der Waals surface area contributed by atoms with Crippen LogP contribution in [0.15, 0.2) is 30.7 Å². The molecule has 4 rings (SSSR count). The van der Waals surface area contributed by atoms with Gasteiger partial charge in [-0.05, 0) is 44.1 Å². The van der Waals surface area contributed by atoms with E-state index in [4.69, 9.17) is 9.47 Å². The molecule has 2 bridgehead atoms. The normalized spacial score (nSPS) is 18.3. The molecule has 1 aliphatic rings. The minimum atomic E-state index is -0.380. The maximum atomic E-state index is 12.4. The number of H-pyrrole nitrogens is 1. The minimum absolute atomic E-state index is 0.151. The number of methoxy groups -OCH3 is 1. The summed E-state index contributed by atoms with van der Waals surface area (Å²) in [6, 6.07) is 5.01. The van der Waals surface area contributed by atoms with E-state index in [-0.39, 0.29) is 25.2 Å². The van der Waals surface area contributed by atoms with Gasteiger partial charge in [0.15, 0.2) is 18.1 Å². The number of hydrogen-bond acceptors (Lipinski definition) is 8. The van der Waals surface area contributed by atoms with Crippen molar-refractivity contribution < 1.29 is 19.4 Å². The lowest BCUT2D eigenvalue weighted by Gasteiger charge is -2.23. The third-order valence-corrected chi connectivity index (χ3v) is 5.44. The molecule has 10 nitrogen and oxygen atoms in total. The molecule has 1 atom stereocenters. The summed E-state index contributed by atoms with van der Waals surface area (Å²) < 4.78 is 11.1. The van der Waals surface area contributed by atoms with Gasteiger partial charge in [0.05, 0.1) is 25.1 Å². The molecule has 1 amide bonds. The molecular formula is C22H28N6O4. The van der Waals surface area contributed by atoms with Gasteiger partial charge in [-0.3, -0.25) is 4.79 Å². The maximum Gasteiger partial charge on any atom is 0.258 e. The quantitative estimate of drug-likeness (QED) is 0.472. The van der Waals surface area contributed by atoms with Gasteiger partial charge >= 0.3 is 0 Å². The number of rotatable bonds is 2. The predicted octanol–water partition coefficient (Wildman–Crippen LogP) is 1.44. The summed E-state index contributed by atoms with van der Waals surface area (Å²) in [5.74, 6) is 1.32. The van der Waals surface area contributed by atoms with Crippen molar-refractivity contribution in [2.75, 3.05) is 45.8 Å². The Morgan fingerprint density at radius 2 is 2.22 bits per heavy atom. The molecule has 3 heterocycles. The fourth-order valence-electron chi connectivity index (χ4n) is 3.89. The lowest BCUT2D eigenvalue weighted by molar-refractivity contribution is -0.124. The number of aryl methyl sites for hydroxylation is 1. The largest absolute Gasteiger partial charge is 0.493 e. The number of aliphatic hydroxyl groups excluding tert-OH is 1. The van der Waals surface area contributed by atoms with Crippen molar-refractivity contribution in [2.45, 2.75) is 18.9 Å². The smallest absolute Gasteiger partial charge is 0.258 e. The molecule has 1 aliphatic heterocycles. The number of benzene rings is 1. The van der Waals surface area contributed by atoms with E-state index in [1.165, 1.54) is 6.33 Å². The molecule has 0 fully saturated rings. The second-order valence-corrected chi connectivity index (χ2v) is 7.85. The van der Waals surface area contributed by atoms with Crippen LogP contribution < -0.4 is 20.1 Å². The van der Waals surface area contributed by atoms with E-state index in [2.05, 4.69) is 30.5 Å². The third kappa shape index (κ3) is 4.92. The van der Waals surface area contributed by atoms with Crippen LogP contribution in [0.4, 0.5) is 11.5 Å². The number of nitrogens with one attached hydrogen (secondary N) is 3. The van der Waals surface area contributed by atoms with Gasteiger partial charge in [0.2, 0.25) is 0 Å². The first-order valence-corrected chi connectivity index (χ1v) is 10.5. The molecule has 0 spiro atoms. The van der Waals surface area contributed by atoms with Gasteiger partial charge in [0, 0.05) is 24.5 Å². The van der Waals surface area contributed by atoms with Crippen LogP contribution in [-0.4, -0.2) is 77.4 Å². The van der Waals surface area contributed by atoms with Crippen LogP contribution >= 0.6 is 0 Å². The number of aliphatic hydroxyl groups is 1. The van der Waals surface area contributed by atoms with Crippen molar-refractivity contribution in [3.63, 3.8) is 0 Å². The highest BCUT2D eigenvalue weighted by atomic mass is 16.5. The predicted molar refractivity (Wildman–Crippen MR) is 120 cm³/mol. The van der Waals surface area contributed by atoms with E-state index in [9.17, 15) is 9.90 Å². The molecule has 32 heavy (non-hydrogen) atoms.